The molecular formula is C17H23NO6. The second kappa shape index (κ2) is 10.5. The van der Waals surface area contributed by atoms with Crippen molar-refractivity contribution in [3.63, 3.8) is 0 Å². The van der Waals surface area contributed by atoms with Crippen LogP contribution in [-0.4, -0.2) is 50.0 Å². The average Bonchev–Trinajstić information content (AvgIpc) is 2.58. The Balaban J connectivity index is 2.82. The highest BCUT2D eigenvalue weighted by Gasteiger charge is 2.27. The van der Waals surface area contributed by atoms with Gasteiger partial charge in [0.2, 0.25) is 0 Å². The molecule has 0 saturated heterocycles. The minimum atomic E-state index is -0.881. The molecule has 132 valence electrons. The molecular weight excluding hydrogens is 314 g/mol. The highest BCUT2D eigenvalue weighted by molar-refractivity contribution is 6.11. The number of hydrogen-bond acceptors (Lipinski definition) is 7. The number of pyridine rings is 1. The summed E-state index contributed by atoms with van der Waals surface area (Å²) in [6.07, 6.45) is 3.65. The molecule has 0 N–H and O–H groups in total. The van der Waals surface area contributed by atoms with Gasteiger partial charge in [-0.2, -0.15) is 0 Å². The van der Waals surface area contributed by atoms with Crippen LogP contribution in [0.15, 0.2) is 18.5 Å². The minimum Gasteiger partial charge on any atom is -0.495 e. The number of nitrogens with zero attached hydrogens (tertiary/aromatic N) is 1. The predicted molar refractivity (Wildman–Crippen MR) is 86.0 cm³/mol. The maximum atomic E-state index is 12.6. The Morgan fingerprint density at radius 2 is 1.96 bits per heavy atom. The van der Waals surface area contributed by atoms with Crippen molar-refractivity contribution in [1.29, 1.82) is 0 Å². The zero-order chi connectivity index (χ0) is 17.9. The van der Waals surface area contributed by atoms with Crippen molar-refractivity contribution >= 4 is 17.5 Å². The lowest BCUT2D eigenvalue weighted by Crippen LogP contribution is -2.28. The maximum absolute atomic E-state index is 12.6. The lowest BCUT2D eigenvalue weighted by atomic mass is 9.89. The van der Waals surface area contributed by atoms with Crippen LogP contribution < -0.4 is 4.74 Å². The van der Waals surface area contributed by atoms with Crippen molar-refractivity contribution < 1.29 is 28.6 Å². The summed E-state index contributed by atoms with van der Waals surface area (Å²) in [5, 5.41) is 0. The van der Waals surface area contributed by atoms with Gasteiger partial charge in [0.1, 0.15) is 12.4 Å². The van der Waals surface area contributed by atoms with E-state index in [0.29, 0.717) is 24.3 Å². The van der Waals surface area contributed by atoms with Crippen molar-refractivity contribution in [3.8, 4) is 5.75 Å². The molecule has 1 atom stereocenters. The zero-order valence-corrected chi connectivity index (χ0v) is 14.2. The van der Waals surface area contributed by atoms with Crippen LogP contribution in [0.25, 0.3) is 0 Å². The minimum absolute atomic E-state index is 0.160. The van der Waals surface area contributed by atoms with Gasteiger partial charge in [-0.25, -0.2) is 0 Å². The van der Waals surface area contributed by atoms with Gasteiger partial charge in [0, 0.05) is 25.3 Å². The standard InChI is InChI=1S/C17H23NO6/c1-4-24-16(20)7-5-6-14(15(19)11-22-2)17(21)12-8-13(23-3)10-18-9-12/h8-10,14H,4-7,11H2,1-3H3. The van der Waals surface area contributed by atoms with Crippen LogP contribution in [0, 0.1) is 5.92 Å². The molecule has 1 heterocycles. The Morgan fingerprint density at radius 1 is 1.21 bits per heavy atom. The van der Waals surface area contributed by atoms with Crippen LogP contribution in [-0.2, 0) is 19.1 Å². The number of aromatic nitrogens is 1. The van der Waals surface area contributed by atoms with Crippen molar-refractivity contribution in [1.82, 2.24) is 4.98 Å². The van der Waals surface area contributed by atoms with E-state index in [4.69, 9.17) is 14.2 Å². The smallest absolute Gasteiger partial charge is 0.305 e. The molecule has 1 unspecified atom stereocenters. The monoisotopic (exact) mass is 337 g/mol. The third-order valence-corrected chi connectivity index (χ3v) is 3.40. The van der Waals surface area contributed by atoms with Gasteiger partial charge in [-0.3, -0.25) is 19.4 Å². The van der Waals surface area contributed by atoms with Gasteiger partial charge in [0.15, 0.2) is 11.6 Å². The molecule has 0 spiro atoms. The van der Waals surface area contributed by atoms with Crippen LogP contribution in [0.2, 0.25) is 0 Å². The van der Waals surface area contributed by atoms with Gasteiger partial charge < -0.3 is 14.2 Å². The van der Waals surface area contributed by atoms with Gasteiger partial charge >= 0.3 is 5.97 Å². The number of methoxy groups -OCH3 is 2. The van der Waals surface area contributed by atoms with E-state index in [0.717, 1.165) is 0 Å². The fourth-order valence-corrected chi connectivity index (χ4v) is 2.23. The summed E-state index contributed by atoms with van der Waals surface area (Å²) in [6.45, 7) is 1.87. The molecule has 0 radical (unpaired) electrons. The fraction of sp³-hybridized carbons (Fsp3) is 0.529. The van der Waals surface area contributed by atoms with E-state index in [1.54, 1.807) is 6.92 Å². The van der Waals surface area contributed by atoms with E-state index in [1.165, 1.54) is 32.7 Å². The lowest BCUT2D eigenvalue weighted by Gasteiger charge is -2.14. The van der Waals surface area contributed by atoms with Crippen LogP contribution in [0.5, 0.6) is 5.75 Å². The first-order chi connectivity index (χ1) is 11.5. The molecule has 0 amide bonds. The van der Waals surface area contributed by atoms with E-state index >= 15 is 0 Å². The van der Waals surface area contributed by atoms with Gasteiger partial charge in [-0.15, -0.1) is 0 Å². The zero-order valence-electron chi connectivity index (χ0n) is 14.2. The molecule has 0 aliphatic rings. The Bertz CT molecular complexity index is 572. The molecule has 0 aliphatic carbocycles. The number of ether oxygens (including phenoxy) is 3. The van der Waals surface area contributed by atoms with Crippen LogP contribution in [0.3, 0.4) is 0 Å². The fourth-order valence-electron chi connectivity index (χ4n) is 2.23. The summed E-state index contributed by atoms with van der Waals surface area (Å²) in [6, 6.07) is 1.54. The van der Waals surface area contributed by atoms with Crippen molar-refractivity contribution in [2.45, 2.75) is 26.2 Å². The summed E-state index contributed by atoms with van der Waals surface area (Å²) in [7, 11) is 2.86. The van der Waals surface area contributed by atoms with Gasteiger partial charge in [0.05, 0.1) is 25.8 Å². The Morgan fingerprint density at radius 3 is 2.58 bits per heavy atom. The average molecular weight is 337 g/mol. The van der Waals surface area contributed by atoms with Crippen molar-refractivity contribution in [3.05, 3.63) is 24.0 Å². The van der Waals surface area contributed by atoms with Crippen LogP contribution in [0.4, 0.5) is 0 Å². The normalized spacial score (nSPS) is 11.6. The molecule has 7 nitrogen and oxygen atoms in total. The number of Topliss-reactive ketones (excluding diaryl/α,β-unsaturated/α-hetero) is 2. The summed E-state index contributed by atoms with van der Waals surface area (Å²) in [5.41, 5.74) is 0.292. The van der Waals surface area contributed by atoms with E-state index in [1.807, 2.05) is 0 Å². The molecule has 24 heavy (non-hydrogen) atoms. The SMILES string of the molecule is CCOC(=O)CCCC(C(=O)COC)C(=O)c1cncc(OC)c1. The molecule has 0 aromatic carbocycles. The quantitative estimate of drug-likeness (QED) is 0.345. The highest BCUT2D eigenvalue weighted by atomic mass is 16.5. The number of hydrogen-bond donors (Lipinski definition) is 0. The Hall–Kier alpha value is -2.28. The van der Waals surface area contributed by atoms with E-state index in [-0.39, 0.29) is 37.0 Å². The number of carbonyl (C=O) groups is 3. The van der Waals surface area contributed by atoms with E-state index < -0.39 is 5.92 Å². The maximum Gasteiger partial charge on any atom is 0.305 e. The first kappa shape index (κ1) is 19.8. The molecule has 0 saturated carbocycles. The first-order valence-corrected chi connectivity index (χ1v) is 7.74. The Kier molecular flexibility index (Phi) is 8.64. The molecule has 1 aromatic heterocycles. The second-order valence-electron chi connectivity index (χ2n) is 5.13. The highest BCUT2D eigenvalue weighted by Crippen LogP contribution is 2.19. The number of carbonyl (C=O) groups excluding carboxylic acids is 3. The molecule has 0 aliphatic heterocycles. The molecule has 1 rings (SSSR count). The number of ketones is 2. The van der Waals surface area contributed by atoms with Crippen LogP contribution in [0.1, 0.15) is 36.5 Å². The van der Waals surface area contributed by atoms with Gasteiger partial charge in [0.25, 0.3) is 0 Å². The Labute approximate surface area is 141 Å². The summed E-state index contributed by atoms with van der Waals surface area (Å²) in [4.78, 5) is 40.2. The molecule has 1 aromatic rings. The molecule has 0 bridgehead atoms. The third-order valence-electron chi connectivity index (χ3n) is 3.40. The lowest BCUT2D eigenvalue weighted by molar-refractivity contribution is -0.143. The third kappa shape index (κ3) is 6.08. The molecule has 7 heteroatoms. The number of rotatable bonds is 11. The van der Waals surface area contributed by atoms with Crippen LogP contribution >= 0.6 is 0 Å². The second-order valence-corrected chi connectivity index (χ2v) is 5.13. The largest absolute Gasteiger partial charge is 0.495 e. The summed E-state index contributed by atoms with van der Waals surface area (Å²) >= 11 is 0. The predicted octanol–water partition coefficient (Wildman–Crippen LogP) is 1.84. The number of esters is 1. The van der Waals surface area contributed by atoms with Gasteiger partial charge in [-0.1, -0.05) is 0 Å². The summed E-state index contributed by atoms with van der Waals surface area (Å²) < 4.78 is 14.7. The van der Waals surface area contributed by atoms with Crippen molar-refractivity contribution in [2.75, 3.05) is 27.4 Å². The first-order valence-electron chi connectivity index (χ1n) is 7.74. The van der Waals surface area contributed by atoms with Crippen molar-refractivity contribution in [2.24, 2.45) is 5.92 Å². The summed E-state index contributed by atoms with van der Waals surface area (Å²) in [5.74, 6) is -1.47. The molecule has 0 fully saturated rings. The van der Waals surface area contributed by atoms with Gasteiger partial charge in [-0.05, 0) is 25.8 Å². The van der Waals surface area contributed by atoms with E-state index in [9.17, 15) is 14.4 Å². The topological polar surface area (TPSA) is 91.8 Å². The van der Waals surface area contributed by atoms with E-state index in [2.05, 4.69) is 4.98 Å².